The first-order valence-corrected chi connectivity index (χ1v) is 15.1. The number of carbonyl (C=O) groups excluding carboxylic acids is 2. The number of amides is 2. The molecule has 0 aromatic heterocycles. The molecule has 4 aromatic carbocycles. The van der Waals surface area contributed by atoms with E-state index in [-0.39, 0.29) is 23.8 Å². The molecule has 0 bridgehead atoms. The average Bonchev–Trinajstić information content (AvgIpc) is 3.02. The number of anilines is 1. The van der Waals surface area contributed by atoms with Gasteiger partial charge in [0.15, 0.2) is 0 Å². The minimum absolute atomic E-state index is 0.0185. The second-order valence-corrected chi connectivity index (χ2v) is 11.8. The number of likely N-dealkylation sites (N-methyl/N-ethyl adjacent to an activating group) is 1. The number of benzene rings is 4. The Kier molecular flexibility index (Phi) is 10.2. The van der Waals surface area contributed by atoms with Crippen LogP contribution < -0.4 is 14.4 Å². The molecule has 0 heterocycles. The summed E-state index contributed by atoms with van der Waals surface area (Å²) < 4.78 is 34.2. The van der Waals surface area contributed by atoms with E-state index in [0.717, 1.165) is 15.4 Å². The molecule has 10 heteroatoms. The molecule has 2 amide bonds. The molecule has 4 rings (SSSR count). The molecule has 0 radical (unpaired) electrons. The Labute approximate surface area is 251 Å². The summed E-state index contributed by atoms with van der Waals surface area (Å²) in [6.07, 6.45) is 0.228. The normalized spacial score (nSPS) is 11.8. The van der Waals surface area contributed by atoms with Crippen LogP contribution in [0.4, 0.5) is 5.69 Å². The number of methoxy groups -OCH3 is 1. The van der Waals surface area contributed by atoms with Gasteiger partial charge in [-0.05, 0) is 59.7 Å². The molecule has 1 unspecified atom stereocenters. The largest absolute Gasteiger partial charge is 0.497 e. The number of rotatable bonds is 12. The first-order valence-electron chi connectivity index (χ1n) is 13.2. The van der Waals surface area contributed by atoms with Gasteiger partial charge in [-0.3, -0.25) is 13.9 Å². The lowest BCUT2D eigenvalue weighted by Crippen LogP contribution is -2.53. The molecule has 42 heavy (non-hydrogen) atoms. The molecule has 0 saturated heterocycles. The fraction of sp³-hybridized carbons (Fsp3) is 0.188. The van der Waals surface area contributed by atoms with Gasteiger partial charge in [0.25, 0.3) is 10.0 Å². The molecule has 0 fully saturated rings. The maximum atomic E-state index is 14.3. The van der Waals surface area contributed by atoms with Gasteiger partial charge in [-0.2, -0.15) is 0 Å². The van der Waals surface area contributed by atoms with Crippen molar-refractivity contribution in [1.82, 2.24) is 10.2 Å². The summed E-state index contributed by atoms with van der Waals surface area (Å²) in [7, 11) is -1.13. The summed E-state index contributed by atoms with van der Waals surface area (Å²) in [5, 5.41) is 3.06. The molecule has 218 valence electrons. The van der Waals surface area contributed by atoms with Crippen molar-refractivity contribution < 1.29 is 22.7 Å². The van der Waals surface area contributed by atoms with Crippen molar-refractivity contribution in [3.8, 4) is 5.75 Å². The van der Waals surface area contributed by atoms with Crippen molar-refractivity contribution in [2.45, 2.75) is 23.9 Å². The highest BCUT2D eigenvalue weighted by Crippen LogP contribution is 2.26. The van der Waals surface area contributed by atoms with Gasteiger partial charge in [0.05, 0.1) is 17.7 Å². The van der Waals surface area contributed by atoms with E-state index in [1.807, 2.05) is 36.4 Å². The van der Waals surface area contributed by atoms with E-state index in [2.05, 4.69) is 5.32 Å². The number of hydrogen-bond acceptors (Lipinski definition) is 5. The fourth-order valence-electron chi connectivity index (χ4n) is 4.54. The standard InChI is InChI=1S/C32H32ClN3O5S/c1-34-32(38)30(21-24-10-5-3-6-11-24)35(22-25-12-9-15-28(20-25)41-2)31(37)23-36(27-13-7-4-8-14-27)42(39,40)29-18-16-26(33)17-19-29/h3-20,30H,21-23H2,1-2H3,(H,34,38). The van der Waals surface area contributed by atoms with Crippen LogP contribution in [0.1, 0.15) is 11.1 Å². The first-order chi connectivity index (χ1) is 20.2. The van der Waals surface area contributed by atoms with Crippen molar-refractivity contribution in [3.63, 3.8) is 0 Å². The van der Waals surface area contributed by atoms with Crippen LogP contribution in [-0.2, 0) is 32.6 Å². The number of sulfonamides is 1. The Morgan fingerprint density at radius 3 is 2.10 bits per heavy atom. The van der Waals surface area contributed by atoms with E-state index in [1.165, 1.54) is 36.2 Å². The fourth-order valence-corrected chi connectivity index (χ4v) is 6.09. The number of para-hydroxylation sites is 1. The first kappa shape index (κ1) is 30.6. The summed E-state index contributed by atoms with van der Waals surface area (Å²) in [5.41, 5.74) is 1.88. The lowest BCUT2D eigenvalue weighted by Gasteiger charge is -2.33. The Bertz CT molecular complexity index is 1600. The van der Waals surface area contributed by atoms with Crippen molar-refractivity contribution in [3.05, 3.63) is 125 Å². The third kappa shape index (κ3) is 7.48. The summed E-state index contributed by atoms with van der Waals surface area (Å²) >= 11 is 6.01. The van der Waals surface area contributed by atoms with Crippen LogP contribution in [0.2, 0.25) is 5.02 Å². The van der Waals surface area contributed by atoms with E-state index in [9.17, 15) is 18.0 Å². The minimum Gasteiger partial charge on any atom is -0.497 e. The number of halogens is 1. The topological polar surface area (TPSA) is 96.0 Å². The van der Waals surface area contributed by atoms with Gasteiger partial charge in [0, 0.05) is 25.0 Å². The van der Waals surface area contributed by atoms with Gasteiger partial charge < -0.3 is 15.0 Å². The summed E-state index contributed by atoms with van der Waals surface area (Å²) in [5.74, 6) is -0.332. The molecule has 0 aliphatic carbocycles. The Hall–Kier alpha value is -4.34. The number of nitrogens with one attached hydrogen (secondary N) is 1. The summed E-state index contributed by atoms with van der Waals surface area (Å²) in [6.45, 7) is -0.494. The molecule has 0 spiro atoms. The van der Waals surface area contributed by atoms with E-state index >= 15 is 0 Å². The molecule has 1 atom stereocenters. The van der Waals surface area contributed by atoms with Crippen LogP contribution in [0, 0.1) is 0 Å². The number of nitrogens with zero attached hydrogens (tertiary/aromatic N) is 2. The van der Waals surface area contributed by atoms with Gasteiger partial charge >= 0.3 is 0 Å². The zero-order valence-corrected chi connectivity index (χ0v) is 24.9. The Balaban J connectivity index is 1.77. The van der Waals surface area contributed by atoms with E-state index in [4.69, 9.17) is 16.3 Å². The Morgan fingerprint density at radius 1 is 0.857 bits per heavy atom. The molecule has 1 N–H and O–H groups in total. The average molecular weight is 606 g/mol. The quantitative estimate of drug-likeness (QED) is 0.247. The Morgan fingerprint density at radius 2 is 1.48 bits per heavy atom. The second kappa shape index (κ2) is 14.0. The molecular formula is C32H32ClN3O5S. The highest BCUT2D eigenvalue weighted by Gasteiger charge is 2.34. The summed E-state index contributed by atoms with van der Waals surface area (Å²) in [4.78, 5) is 29.0. The van der Waals surface area contributed by atoms with Gasteiger partial charge in [-0.1, -0.05) is 72.3 Å². The van der Waals surface area contributed by atoms with Crippen LogP contribution in [0.25, 0.3) is 0 Å². The SMILES string of the molecule is CNC(=O)C(Cc1ccccc1)N(Cc1cccc(OC)c1)C(=O)CN(c1ccccc1)S(=O)(=O)c1ccc(Cl)cc1. The number of ether oxygens (including phenoxy) is 1. The maximum absolute atomic E-state index is 14.3. The van der Waals surface area contributed by atoms with Crippen LogP contribution in [0.5, 0.6) is 5.75 Å². The highest BCUT2D eigenvalue weighted by molar-refractivity contribution is 7.92. The highest BCUT2D eigenvalue weighted by atomic mass is 35.5. The van der Waals surface area contributed by atoms with E-state index in [1.54, 1.807) is 55.6 Å². The van der Waals surface area contributed by atoms with Gasteiger partial charge in [-0.15, -0.1) is 0 Å². The second-order valence-electron chi connectivity index (χ2n) is 9.49. The van der Waals surface area contributed by atoms with Crippen molar-refractivity contribution >= 4 is 39.1 Å². The molecular weight excluding hydrogens is 574 g/mol. The zero-order valence-electron chi connectivity index (χ0n) is 23.3. The van der Waals surface area contributed by atoms with Crippen LogP contribution in [-0.4, -0.2) is 51.9 Å². The van der Waals surface area contributed by atoms with Gasteiger partial charge in [-0.25, -0.2) is 8.42 Å². The third-order valence-electron chi connectivity index (χ3n) is 6.73. The van der Waals surface area contributed by atoms with E-state index in [0.29, 0.717) is 16.5 Å². The third-order valence-corrected chi connectivity index (χ3v) is 8.77. The smallest absolute Gasteiger partial charge is 0.264 e. The number of hydrogen-bond donors (Lipinski definition) is 1. The van der Waals surface area contributed by atoms with Gasteiger partial charge in [0.2, 0.25) is 11.8 Å². The molecule has 0 saturated carbocycles. The van der Waals surface area contributed by atoms with Gasteiger partial charge in [0.1, 0.15) is 18.3 Å². The minimum atomic E-state index is -4.19. The maximum Gasteiger partial charge on any atom is 0.264 e. The molecule has 0 aliphatic rings. The van der Waals surface area contributed by atoms with Crippen LogP contribution in [0.15, 0.2) is 114 Å². The van der Waals surface area contributed by atoms with Crippen LogP contribution >= 0.6 is 11.6 Å². The van der Waals surface area contributed by atoms with Crippen molar-refractivity contribution in [1.29, 1.82) is 0 Å². The predicted molar refractivity (Wildman–Crippen MR) is 164 cm³/mol. The lowest BCUT2D eigenvalue weighted by atomic mass is 10.0. The molecule has 4 aromatic rings. The zero-order chi connectivity index (χ0) is 30.1. The molecule has 0 aliphatic heterocycles. The monoisotopic (exact) mass is 605 g/mol. The predicted octanol–water partition coefficient (Wildman–Crippen LogP) is 4.93. The molecule has 8 nitrogen and oxygen atoms in total. The van der Waals surface area contributed by atoms with Crippen LogP contribution in [0.3, 0.4) is 0 Å². The summed E-state index contributed by atoms with van der Waals surface area (Å²) in [6, 6.07) is 29.8. The van der Waals surface area contributed by atoms with E-state index < -0.39 is 28.5 Å². The number of carbonyl (C=O) groups is 2. The lowest BCUT2D eigenvalue weighted by molar-refractivity contribution is -0.139. The van der Waals surface area contributed by atoms with Crippen molar-refractivity contribution in [2.75, 3.05) is 25.0 Å². The van der Waals surface area contributed by atoms with Crippen molar-refractivity contribution in [2.24, 2.45) is 0 Å².